The van der Waals surface area contributed by atoms with Crippen LogP contribution in [0.25, 0.3) is 0 Å². The number of pyridine rings is 1. The SMILES string of the molecule is CC(C)(C)c1cc(C(C)(C)C)n(Cc2ccccn2)n1.ClC(Cl)Cl.O=[N+]([O-])[O-].O=[N+]([O-])[O-].[Cd+2].[OH3+]. The summed E-state index contributed by atoms with van der Waals surface area (Å²) in [5.41, 5.74) is 3.58. The van der Waals surface area contributed by atoms with E-state index < -0.39 is 14.5 Å². The second-order valence-corrected chi connectivity index (χ2v) is 10.1. The van der Waals surface area contributed by atoms with E-state index in [0.29, 0.717) is 0 Å². The van der Waals surface area contributed by atoms with Crippen molar-refractivity contribution in [2.24, 2.45) is 0 Å². The van der Waals surface area contributed by atoms with Crippen molar-refractivity contribution >= 4 is 34.8 Å². The molecular formula is C18H29CdCl3N5O7+. The number of hydrogen-bond donors (Lipinski definition) is 0. The van der Waals surface area contributed by atoms with Crippen molar-refractivity contribution in [3.05, 3.63) is 78.2 Å². The molecule has 0 aliphatic rings. The third-order valence-electron chi connectivity index (χ3n) is 3.35. The predicted molar refractivity (Wildman–Crippen MR) is 130 cm³/mol. The van der Waals surface area contributed by atoms with Gasteiger partial charge in [0.15, 0.2) is 4.30 Å². The second-order valence-electron chi connectivity index (χ2n) is 8.09. The van der Waals surface area contributed by atoms with Gasteiger partial charge < -0.3 is 36.1 Å². The van der Waals surface area contributed by atoms with Crippen LogP contribution in [0.4, 0.5) is 0 Å². The van der Waals surface area contributed by atoms with Gasteiger partial charge in [-0.25, -0.2) is 0 Å². The number of nitrogens with zero attached hydrogens (tertiary/aromatic N) is 5. The van der Waals surface area contributed by atoms with E-state index in [2.05, 4.69) is 57.3 Å². The maximum absolute atomic E-state index is 8.25. The number of rotatable bonds is 2. The van der Waals surface area contributed by atoms with Gasteiger partial charge in [0.2, 0.25) is 0 Å². The molecule has 0 unspecified atom stereocenters. The summed E-state index contributed by atoms with van der Waals surface area (Å²) in [4.78, 5) is 20.9. The zero-order chi connectivity index (χ0) is 25.7. The van der Waals surface area contributed by atoms with Crippen LogP contribution in [0.2, 0.25) is 0 Å². The zero-order valence-electron chi connectivity index (χ0n) is 19.8. The molecule has 0 bridgehead atoms. The molecule has 0 spiro atoms. The van der Waals surface area contributed by atoms with Crippen molar-refractivity contribution in [2.75, 3.05) is 0 Å². The van der Waals surface area contributed by atoms with E-state index in [9.17, 15) is 0 Å². The summed E-state index contributed by atoms with van der Waals surface area (Å²) in [5, 5.41) is 34.3. The van der Waals surface area contributed by atoms with E-state index in [1.165, 1.54) is 5.69 Å². The summed E-state index contributed by atoms with van der Waals surface area (Å²) >= 11 is 14.4. The van der Waals surface area contributed by atoms with Crippen LogP contribution in [-0.4, -0.2) is 29.2 Å². The molecule has 0 aliphatic heterocycles. The Hall–Kier alpha value is -1.49. The summed E-state index contributed by atoms with van der Waals surface area (Å²) in [5.74, 6) is 0. The fraction of sp³-hybridized carbons (Fsp3) is 0.556. The normalized spacial score (nSPS) is 9.94. The molecule has 2 aromatic rings. The predicted octanol–water partition coefficient (Wildman–Crippen LogP) is 4.51. The summed E-state index contributed by atoms with van der Waals surface area (Å²) in [6.45, 7) is 14.0. The van der Waals surface area contributed by atoms with Crippen LogP contribution in [0.1, 0.15) is 58.6 Å². The van der Waals surface area contributed by atoms with E-state index in [-0.39, 0.29) is 43.6 Å². The first-order chi connectivity index (χ1) is 14.4. The van der Waals surface area contributed by atoms with Crippen molar-refractivity contribution in [2.45, 2.75) is 63.2 Å². The first-order valence-electron chi connectivity index (χ1n) is 8.91. The Bertz CT molecular complexity index is 807. The van der Waals surface area contributed by atoms with Crippen LogP contribution in [0.5, 0.6) is 0 Å². The van der Waals surface area contributed by atoms with Gasteiger partial charge in [0.05, 0.1) is 28.1 Å². The molecule has 0 aromatic carbocycles. The fourth-order valence-corrected chi connectivity index (χ4v) is 2.15. The number of aromatic nitrogens is 3. The molecule has 0 amide bonds. The maximum atomic E-state index is 8.25. The van der Waals surface area contributed by atoms with E-state index >= 15 is 0 Å². The topological polar surface area (TPSA) is 196 Å². The van der Waals surface area contributed by atoms with E-state index in [1.54, 1.807) is 0 Å². The number of hydrogen-bond acceptors (Lipinski definition) is 8. The Morgan fingerprint density at radius 3 is 1.65 bits per heavy atom. The average molecular weight is 646 g/mol. The Morgan fingerprint density at radius 1 is 0.941 bits per heavy atom. The first-order valence-corrected chi connectivity index (χ1v) is 10.2. The van der Waals surface area contributed by atoms with Gasteiger partial charge in [-0.3, -0.25) is 9.67 Å². The summed E-state index contributed by atoms with van der Waals surface area (Å²) in [7, 11) is 0. The van der Waals surface area contributed by atoms with E-state index in [4.69, 9.17) is 70.5 Å². The second kappa shape index (κ2) is 18.8. The van der Waals surface area contributed by atoms with Crippen LogP contribution < -0.4 is 0 Å². The fourth-order valence-electron chi connectivity index (χ4n) is 2.15. The third kappa shape index (κ3) is 22.3. The van der Waals surface area contributed by atoms with Gasteiger partial charge in [0.25, 0.3) is 0 Å². The van der Waals surface area contributed by atoms with Gasteiger partial charge >= 0.3 is 27.3 Å². The molecule has 0 atom stereocenters. The van der Waals surface area contributed by atoms with Gasteiger partial charge in [0.1, 0.15) is 0 Å². The minimum Gasteiger partial charge on any atom is -0.457 e. The molecule has 16 heteroatoms. The standard InChI is InChI=1S/C17H25N3.CHCl3.Cd.2NO3.H2O/c1-16(2,3)14-11-15(17(4,5)6)20(19-14)12-13-9-7-8-10-18-13;2-1(3)4;;2*2-1(3)4;/h7-11H,12H2,1-6H3;1H;;;;1H2/q;;+2;2*-1;/p+1. The van der Waals surface area contributed by atoms with Crippen molar-refractivity contribution in [3.63, 3.8) is 0 Å². The molecule has 3 N–H and O–H groups in total. The Morgan fingerprint density at radius 2 is 1.35 bits per heavy atom. The van der Waals surface area contributed by atoms with Gasteiger partial charge in [-0.05, 0) is 18.2 Å². The number of alkyl halides is 3. The third-order valence-corrected chi connectivity index (χ3v) is 3.35. The van der Waals surface area contributed by atoms with Crippen LogP contribution in [0.3, 0.4) is 0 Å². The molecule has 0 saturated heterocycles. The Balaban J connectivity index is -0.000000270. The van der Waals surface area contributed by atoms with Crippen molar-refractivity contribution < 1.29 is 42.9 Å². The number of halogens is 3. The molecule has 190 valence electrons. The van der Waals surface area contributed by atoms with Crippen LogP contribution >= 0.6 is 34.8 Å². The summed E-state index contributed by atoms with van der Waals surface area (Å²) < 4.78 is 1.35. The summed E-state index contributed by atoms with van der Waals surface area (Å²) in [6, 6.07) is 8.25. The molecular weight excluding hydrogens is 617 g/mol. The largest absolute Gasteiger partial charge is 2.00 e. The summed E-state index contributed by atoms with van der Waals surface area (Å²) in [6.07, 6.45) is 1.83. The minimum atomic E-state index is -1.75. The monoisotopic (exact) mass is 646 g/mol. The molecule has 2 rings (SSSR count). The Kier molecular flexibility index (Phi) is 21.9. The molecule has 2 heterocycles. The smallest absolute Gasteiger partial charge is 0.457 e. The van der Waals surface area contributed by atoms with Crippen LogP contribution in [0, 0.1) is 30.6 Å². The van der Waals surface area contributed by atoms with Crippen molar-refractivity contribution in [1.82, 2.24) is 14.8 Å². The van der Waals surface area contributed by atoms with E-state index in [1.807, 2.05) is 24.4 Å². The van der Waals surface area contributed by atoms with Gasteiger partial charge in [0, 0.05) is 22.7 Å². The first kappa shape index (κ1) is 39.7. The molecule has 12 nitrogen and oxygen atoms in total. The molecule has 2 aromatic heterocycles. The van der Waals surface area contributed by atoms with Gasteiger partial charge in [-0.2, -0.15) is 5.10 Å². The van der Waals surface area contributed by atoms with Crippen LogP contribution in [-0.2, 0) is 50.1 Å². The zero-order valence-corrected chi connectivity index (χ0v) is 26.1. The maximum Gasteiger partial charge on any atom is 2.00 e. The molecule has 0 aliphatic carbocycles. The van der Waals surface area contributed by atoms with Crippen LogP contribution in [0.15, 0.2) is 30.5 Å². The molecule has 0 saturated carbocycles. The quantitative estimate of drug-likeness (QED) is 0.149. The molecule has 34 heavy (non-hydrogen) atoms. The van der Waals surface area contributed by atoms with Crippen molar-refractivity contribution in [3.8, 4) is 0 Å². The van der Waals surface area contributed by atoms with E-state index in [0.717, 1.165) is 17.9 Å². The average Bonchev–Trinajstić information content (AvgIpc) is 2.98. The van der Waals surface area contributed by atoms with Gasteiger partial charge in [-0.1, -0.05) is 82.4 Å². The molecule has 0 radical (unpaired) electrons. The van der Waals surface area contributed by atoms with Crippen molar-refractivity contribution in [1.29, 1.82) is 0 Å². The Labute approximate surface area is 232 Å². The molecule has 0 fully saturated rings. The van der Waals surface area contributed by atoms with Gasteiger partial charge in [-0.15, -0.1) is 0 Å². The minimum absolute atomic E-state index is 0.